The van der Waals surface area contributed by atoms with E-state index >= 15 is 0 Å². The number of hydrogen-bond donors (Lipinski definition) is 2. The normalized spacial score (nSPS) is 17.1. The summed E-state index contributed by atoms with van der Waals surface area (Å²) in [6.45, 7) is 8.27. The molecule has 1 fully saturated rings. The van der Waals surface area contributed by atoms with E-state index in [4.69, 9.17) is 9.15 Å². The van der Waals surface area contributed by atoms with Crippen molar-refractivity contribution in [1.82, 2.24) is 15.5 Å². The predicted molar refractivity (Wildman–Crippen MR) is 133 cm³/mol. The quantitative estimate of drug-likeness (QED) is 0.312. The molecular weight excluding hydrogens is 491 g/mol. The Hall–Kier alpha value is -1.58. The number of furan rings is 1. The van der Waals surface area contributed by atoms with Crippen LogP contribution in [0.3, 0.4) is 0 Å². The first-order chi connectivity index (χ1) is 14.2. The van der Waals surface area contributed by atoms with E-state index in [1.54, 1.807) is 0 Å². The Bertz CT molecular complexity index is 760. The van der Waals surface area contributed by atoms with Gasteiger partial charge in [-0.1, -0.05) is 30.3 Å². The molecule has 0 bridgehead atoms. The van der Waals surface area contributed by atoms with Gasteiger partial charge in [-0.25, -0.2) is 0 Å². The summed E-state index contributed by atoms with van der Waals surface area (Å²) in [4.78, 5) is 6.84. The molecule has 1 aliphatic rings. The lowest BCUT2D eigenvalue weighted by Gasteiger charge is -2.33. The third-order valence-electron chi connectivity index (χ3n) is 5.35. The number of benzene rings is 1. The predicted octanol–water partition coefficient (Wildman–Crippen LogP) is 3.77. The minimum Gasteiger partial charge on any atom is -0.465 e. The molecule has 2 N–H and O–H groups in total. The molecule has 0 amide bonds. The number of nitrogens with zero attached hydrogens (tertiary/aromatic N) is 2. The number of guanidine groups is 1. The second-order valence-corrected chi connectivity index (χ2v) is 7.64. The topological polar surface area (TPSA) is 62.0 Å². The van der Waals surface area contributed by atoms with Crippen LogP contribution in [0.15, 0.2) is 51.9 Å². The van der Waals surface area contributed by atoms with E-state index in [-0.39, 0.29) is 30.0 Å². The van der Waals surface area contributed by atoms with Crippen molar-refractivity contribution in [2.24, 2.45) is 4.99 Å². The molecule has 0 saturated carbocycles. The maximum absolute atomic E-state index is 5.95. The van der Waals surface area contributed by atoms with E-state index in [1.807, 2.05) is 20.0 Å². The molecule has 1 aromatic carbocycles. The van der Waals surface area contributed by atoms with Crippen LogP contribution in [0, 0.1) is 6.92 Å². The van der Waals surface area contributed by atoms with Crippen LogP contribution in [0.2, 0.25) is 0 Å². The zero-order valence-corrected chi connectivity index (χ0v) is 20.6. The number of ether oxygens (including phenoxy) is 1. The molecule has 0 aliphatic carbocycles. The Morgan fingerprint density at radius 2 is 1.87 bits per heavy atom. The van der Waals surface area contributed by atoms with E-state index < -0.39 is 0 Å². The Morgan fingerprint density at radius 1 is 1.13 bits per heavy atom. The molecule has 0 spiro atoms. The first-order valence-corrected chi connectivity index (χ1v) is 10.5. The first-order valence-electron chi connectivity index (χ1n) is 10.5. The lowest BCUT2D eigenvalue weighted by molar-refractivity contribution is 0.0124. The van der Waals surface area contributed by atoms with Crippen molar-refractivity contribution >= 4 is 29.9 Å². The number of aryl methyl sites for hydroxylation is 2. The molecule has 1 aromatic heterocycles. The zero-order chi connectivity index (χ0) is 20.5. The van der Waals surface area contributed by atoms with Gasteiger partial charge in [0, 0.05) is 32.7 Å². The average Bonchev–Trinajstić information content (AvgIpc) is 3.19. The molecule has 1 saturated heterocycles. The molecule has 2 heterocycles. The maximum Gasteiger partial charge on any atom is 0.191 e. The summed E-state index contributed by atoms with van der Waals surface area (Å²) in [5, 5.41) is 7.02. The zero-order valence-electron chi connectivity index (χ0n) is 18.3. The highest BCUT2D eigenvalue weighted by Gasteiger charge is 2.25. The Morgan fingerprint density at radius 3 is 2.50 bits per heavy atom. The van der Waals surface area contributed by atoms with Gasteiger partial charge in [0.05, 0.1) is 19.3 Å². The van der Waals surface area contributed by atoms with Gasteiger partial charge in [-0.05, 0) is 44.4 Å². The summed E-state index contributed by atoms with van der Waals surface area (Å²) in [6, 6.07) is 15.2. The minimum absolute atomic E-state index is 0. The fraction of sp³-hybridized carbons (Fsp3) is 0.522. The van der Waals surface area contributed by atoms with Crippen molar-refractivity contribution in [1.29, 1.82) is 0 Å². The molecule has 2 unspecified atom stereocenters. The van der Waals surface area contributed by atoms with Gasteiger partial charge in [0.25, 0.3) is 0 Å². The van der Waals surface area contributed by atoms with E-state index in [1.165, 1.54) is 5.56 Å². The fourth-order valence-corrected chi connectivity index (χ4v) is 3.65. The van der Waals surface area contributed by atoms with E-state index in [0.717, 1.165) is 63.2 Å². The average molecular weight is 526 g/mol. The summed E-state index contributed by atoms with van der Waals surface area (Å²) in [6.07, 6.45) is 2.10. The van der Waals surface area contributed by atoms with Crippen molar-refractivity contribution in [3.8, 4) is 0 Å². The third kappa shape index (κ3) is 7.59. The van der Waals surface area contributed by atoms with Crippen LogP contribution in [-0.2, 0) is 11.2 Å². The van der Waals surface area contributed by atoms with Crippen molar-refractivity contribution in [2.45, 2.75) is 38.8 Å². The lowest BCUT2D eigenvalue weighted by atomic mass is 10.1. The Kier molecular flexibility index (Phi) is 10.7. The van der Waals surface area contributed by atoms with Gasteiger partial charge >= 0.3 is 0 Å². The van der Waals surface area contributed by atoms with E-state index in [2.05, 4.69) is 63.8 Å². The van der Waals surface area contributed by atoms with Gasteiger partial charge in [-0.2, -0.15) is 0 Å². The van der Waals surface area contributed by atoms with Crippen molar-refractivity contribution < 1.29 is 9.15 Å². The van der Waals surface area contributed by atoms with Crippen LogP contribution in [0.25, 0.3) is 0 Å². The molecule has 7 heteroatoms. The highest BCUT2D eigenvalue weighted by Crippen LogP contribution is 2.23. The van der Waals surface area contributed by atoms with Crippen molar-refractivity contribution in [3.63, 3.8) is 0 Å². The number of morpholine rings is 1. The number of hydrogen-bond acceptors (Lipinski definition) is 4. The molecule has 166 valence electrons. The van der Waals surface area contributed by atoms with Crippen molar-refractivity contribution in [2.75, 3.05) is 39.9 Å². The number of rotatable bonds is 8. The largest absolute Gasteiger partial charge is 0.465 e. The molecule has 2 aromatic rings. The van der Waals surface area contributed by atoms with E-state index in [0.29, 0.717) is 6.04 Å². The van der Waals surface area contributed by atoms with Crippen LogP contribution in [0.1, 0.15) is 36.5 Å². The third-order valence-corrected chi connectivity index (χ3v) is 5.35. The van der Waals surface area contributed by atoms with E-state index in [9.17, 15) is 0 Å². The molecule has 1 aliphatic heterocycles. The second kappa shape index (κ2) is 13.0. The van der Waals surface area contributed by atoms with Crippen LogP contribution >= 0.6 is 24.0 Å². The number of aliphatic imine (C=N–C) groups is 1. The first kappa shape index (κ1) is 24.7. The summed E-state index contributed by atoms with van der Waals surface area (Å²) < 4.78 is 11.5. The Balaban J connectivity index is 0.00000320. The van der Waals surface area contributed by atoms with Gasteiger partial charge in [0.15, 0.2) is 5.96 Å². The van der Waals surface area contributed by atoms with Gasteiger partial charge in [0.1, 0.15) is 11.5 Å². The summed E-state index contributed by atoms with van der Waals surface area (Å²) in [7, 11) is 1.82. The molecular formula is C23H35IN4O2. The van der Waals surface area contributed by atoms with Crippen molar-refractivity contribution in [3.05, 3.63) is 59.5 Å². The molecule has 30 heavy (non-hydrogen) atoms. The maximum atomic E-state index is 5.95. The van der Waals surface area contributed by atoms with Gasteiger partial charge in [-0.15, -0.1) is 24.0 Å². The Labute approximate surface area is 197 Å². The standard InChI is InChI=1S/C23H34N4O2.HI/c1-18(9-11-20-7-5-4-6-8-20)26-23(24-3)25-17-21(22-12-10-19(2)29-22)27-13-15-28-16-14-27;/h4-8,10,12,18,21H,9,11,13-17H2,1-3H3,(H2,24,25,26);1H. The smallest absolute Gasteiger partial charge is 0.191 e. The monoisotopic (exact) mass is 526 g/mol. The molecule has 3 rings (SSSR count). The van der Waals surface area contributed by atoms with Crippen LogP contribution in [0.5, 0.6) is 0 Å². The van der Waals surface area contributed by atoms with Gasteiger partial charge in [-0.3, -0.25) is 9.89 Å². The summed E-state index contributed by atoms with van der Waals surface area (Å²) in [5.74, 6) is 2.76. The SMILES string of the molecule is CN=C(NCC(c1ccc(C)o1)N1CCOCC1)NC(C)CCc1ccccc1.I. The summed E-state index contributed by atoms with van der Waals surface area (Å²) >= 11 is 0. The van der Waals surface area contributed by atoms with Gasteiger partial charge < -0.3 is 19.8 Å². The highest BCUT2D eigenvalue weighted by molar-refractivity contribution is 14.0. The van der Waals surface area contributed by atoms with Crippen LogP contribution < -0.4 is 10.6 Å². The van der Waals surface area contributed by atoms with Gasteiger partial charge in [0.2, 0.25) is 0 Å². The summed E-state index contributed by atoms with van der Waals surface area (Å²) in [5.41, 5.74) is 1.37. The number of halogens is 1. The highest BCUT2D eigenvalue weighted by atomic mass is 127. The molecule has 6 nitrogen and oxygen atoms in total. The second-order valence-electron chi connectivity index (χ2n) is 7.64. The van der Waals surface area contributed by atoms with Crippen LogP contribution in [0.4, 0.5) is 0 Å². The molecule has 0 radical (unpaired) electrons. The number of nitrogens with one attached hydrogen (secondary N) is 2. The molecule has 2 atom stereocenters. The minimum atomic E-state index is 0. The fourth-order valence-electron chi connectivity index (χ4n) is 3.65. The van der Waals surface area contributed by atoms with Crippen LogP contribution in [-0.4, -0.2) is 56.8 Å². The lowest BCUT2D eigenvalue weighted by Crippen LogP contribution is -2.47.